The molecule has 0 radical (unpaired) electrons. The first-order valence-corrected chi connectivity index (χ1v) is 6.69. The Balaban J connectivity index is 2.85. The number of esters is 1. The summed E-state index contributed by atoms with van der Waals surface area (Å²) >= 11 is 3.29. The molecule has 8 heteroatoms. The molecule has 21 heavy (non-hydrogen) atoms. The summed E-state index contributed by atoms with van der Waals surface area (Å²) in [4.78, 5) is 23.0. The molecule has 1 aromatic rings. The molecule has 0 aliphatic heterocycles. The van der Waals surface area contributed by atoms with Gasteiger partial charge in [0.1, 0.15) is 16.0 Å². The van der Waals surface area contributed by atoms with Crippen molar-refractivity contribution in [1.82, 2.24) is 5.32 Å². The van der Waals surface area contributed by atoms with Gasteiger partial charge in [-0.2, -0.15) is 0 Å². The Bertz CT molecular complexity index is 508. The summed E-state index contributed by atoms with van der Waals surface area (Å²) in [5.41, 5.74) is 0.268. The first kappa shape index (κ1) is 17.3. The summed E-state index contributed by atoms with van der Waals surface area (Å²) in [6.07, 6.45) is -1.42. The number of ether oxygens (including phenoxy) is 3. The second kappa shape index (κ2) is 7.84. The van der Waals surface area contributed by atoms with E-state index >= 15 is 0 Å². The molecule has 0 fully saturated rings. The van der Waals surface area contributed by atoms with Crippen molar-refractivity contribution in [1.29, 1.82) is 0 Å². The molecule has 0 saturated carbocycles. The van der Waals surface area contributed by atoms with E-state index in [1.807, 2.05) is 0 Å². The van der Waals surface area contributed by atoms with E-state index in [-0.39, 0.29) is 12.1 Å². The van der Waals surface area contributed by atoms with Crippen molar-refractivity contribution >= 4 is 27.8 Å². The molecule has 1 aromatic carbocycles. The van der Waals surface area contributed by atoms with Gasteiger partial charge in [-0.15, -0.1) is 0 Å². The van der Waals surface area contributed by atoms with Crippen LogP contribution in [-0.4, -0.2) is 51.0 Å². The summed E-state index contributed by atoms with van der Waals surface area (Å²) in [6.45, 7) is -0.258. The minimum Gasteiger partial charge on any atom is -0.495 e. The Morgan fingerprint density at radius 3 is 2.19 bits per heavy atom. The number of carbonyl (C=O) groups is 2. The summed E-state index contributed by atoms with van der Waals surface area (Å²) in [6, 6.07) is 3.01. The van der Waals surface area contributed by atoms with Crippen LogP contribution in [0.1, 0.15) is 10.4 Å². The van der Waals surface area contributed by atoms with Crippen LogP contribution in [0, 0.1) is 0 Å². The highest BCUT2D eigenvalue weighted by atomic mass is 79.9. The molecule has 1 amide bonds. The molecule has 0 aliphatic carbocycles. The van der Waals surface area contributed by atoms with Crippen molar-refractivity contribution in [3.05, 3.63) is 22.2 Å². The normalized spacial score (nSPS) is 11.5. The molecule has 1 unspecified atom stereocenters. The van der Waals surface area contributed by atoms with Gasteiger partial charge in [-0.1, -0.05) is 0 Å². The van der Waals surface area contributed by atoms with E-state index < -0.39 is 18.0 Å². The number of halogens is 1. The lowest BCUT2D eigenvalue weighted by Crippen LogP contribution is -2.37. The van der Waals surface area contributed by atoms with Gasteiger partial charge >= 0.3 is 5.97 Å². The fourth-order valence-corrected chi connectivity index (χ4v) is 2.06. The molecule has 7 nitrogen and oxygen atoms in total. The van der Waals surface area contributed by atoms with Gasteiger partial charge in [-0.3, -0.25) is 4.79 Å². The standard InChI is InChI=1S/C13H16BrNO6/c1-19-9-4-7(5-10(20-2)11(9)14)12(17)15-6-8(16)13(18)21-3/h4-5,8,16H,6H2,1-3H3,(H,15,17). The molecule has 0 heterocycles. The van der Waals surface area contributed by atoms with Crippen LogP contribution in [-0.2, 0) is 9.53 Å². The lowest BCUT2D eigenvalue weighted by molar-refractivity contribution is -0.149. The van der Waals surface area contributed by atoms with E-state index in [0.717, 1.165) is 7.11 Å². The monoisotopic (exact) mass is 361 g/mol. The zero-order valence-corrected chi connectivity index (χ0v) is 13.4. The van der Waals surface area contributed by atoms with Crippen LogP contribution in [0.3, 0.4) is 0 Å². The smallest absolute Gasteiger partial charge is 0.336 e. The highest BCUT2D eigenvalue weighted by Gasteiger charge is 2.18. The zero-order valence-electron chi connectivity index (χ0n) is 11.8. The van der Waals surface area contributed by atoms with Gasteiger partial charge in [0.05, 0.1) is 27.9 Å². The first-order chi connectivity index (χ1) is 9.94. The van der Waals surface area contributed by atoms with Crippen LogP contribution in [0.5, 0.6) is 11.5 Å². The average Bonchev–Trinajstić information content (AvgIpc) is 2.51. The van der Waals surface area contributed by atoms with Gasteiger partial charge in [-0.05, 0) is 28.1 Å². The molecule has 0 aromatic heterocycles. The number of benzene rings is 1. The third-order valence-corrected chi connectivity index (χ3v) is 3.42. The van der Waals surface area contributed by atoms with Crippen LogP contribution in [0.25, 0.3) is 0 Å². The maximum absolute atomic E-state index is 12.0. The number of amides is 1. The van der Waals surface area contributed by atoms with Crippen molar-refractivity contribution in [2.24, 2.45) is 0 Å². The van der Waals surface area contributed by atoms with E-state index in [4.69, 9.17) is 9.47 Å². The van der Waals surface area contributed by atoms with Crippen LogP contribution in [0.2, 0.25) is 0 Å². The Morgan fingerprint density at radius 2 is 1.76 bits per heavy atom. The number of rotatable bonds is 6. The Hall–Kier alpha value is -1.80. The van der Waals surface area contributed by atoms with Crippen LogP contribution >= 0.6 is 15.9 Å². The second-order valence-electron chi connectivity index (χ2n) is 3.94. The van der Waals surface area contributed by atoms with Gasteiger partial charge in [0.15, 0.2) is 6.10 Å². The van der Waals surface area contributed by atoms with Gasteiger partial charge in [0, 0.05) is 5.56 Å². The molecular weight excluding hydrogens is 346 g/mol. The fourth-order valence-electron chi connectivity index (χ4n) is 1.51. The Morgan fingerprint density at radius 1 is 1.24 bits per heavy atom. The van der Waals surface area contributed by atoms with Gasteiger partial charge in [-0.25, -0.2) is 4.79 Å². The minimum absolute atomic E-state index is 0.258. The molecule has 0 saturated heterocycles. The Kier molecular flexibility index (Phi) is 6.44. The summed E-state index contributed by atoms with van der Waals surface area (Å²) in [5, 5.41) is 11.8. The van der Waals surface area contributed by atoms with Gasteiger partial charge in [0.25, 0.3) is 5.91 Å². The SMILES string of the molecule is COC(=O)C(O)CNC(=O)c1cc(OC)c(Br)c(OC)c1. The number of hydrogen-bond acceptors (Lipinski definition) is 6. The van der Waals surface area contributed by atoms with E-state index in [1.165, 1.54) is 26.4 Å². The van der Waals surface area contributed by atoms with Crippen molar-refractivity contribution in [2.75, 3.05) is 27.9 Å². The van der Waals surface area contributed by atoms with Crippen LogP contribution in [0.4, 0.5) is 0 Å². The zero-order chi connectivity index (χ0) is 16.0. The summed E-state index contributed by atoms with van der Waals surface area (Å²) in [5.74, 6) is -0.454. The van der Waals surface area contributed by atoms with Crippen molar-refractivity contribution in [3.63, 3.8) is 0 Å². The number of carbonyl (C=O) groups excluding carboxylic acids is 2. The molecule has 2 N–H and O–H groups in total. The van der Waals surface area contributed by atoms with Crippen molar-refractivity contribution in [2.45, 2.75) is 6.10 Å². The second-order valence-corrected chi connectivity index (χ2v) is 4.74. The van der Waals surface area contributed by atoms with Crippen molar-refractivity contribution < 1.29 is 28.9 Å². The summed E-state index contributed by atoms with van der Waals surface area (Å²) < 4.78 is 15.2. The summed E-state index contributed by atoms with van der Waals surface area (Å²) in [7, 11) is 4.07. The Labute approximate surface area is 130 Å². The maximum atomic E-state index is 12.0. The third-order valence-electron chi connectivity index (χ3n) is 2.64. The van der Waals surface area contributed by atoms with E-state index in [9.17, 15) is 14.7 Å². The number of aliphatic hydroxyl groups excluding tert-OH is 1. The third kappa shape index (κ3) is 4.33. The topological polar surface area (TPSA) is 94.1 Å². The predicted molar refractivity (Wildman–Crippen MR) is 77.6 cm³/mol. The molecule has 116 valence electrons. The number of aliphatic hydroxyl groups is 1. The molecule has 0 bridgehead atoms. The van der Waals surface area contributed by atoms with Crippen LogP contribution < -0.4 is 14.8 Å². The maximum Gasteiger partial charge on any atom is 0.336 e. The lowest BCUT2D eigenvalue weighted by atomic mass is 10.2. The quantitative estimate of drug-likeness (QED) is 0.725. The number of nitrogens with one attached hydrogen (secondary N) is 1. The minimum atomic E-state index is -1.42. The molecule has 1 rings (SSSR count). The van der Waals surface area contributed by atoms with E-state index in [2.05, 4.69) is 26.0 Å². The fraction of sp³-hybridized carbons (Fsp3) is 0.385. The number of hydrogen-bond donors (Lipinski definition) is 2. The highest BCUT2D eigenvalue weighted by molar-refractivity contribution is 9.10. The van der Waals surface area contributed by atoms with Crippen LogP contribution in [0.15, 0.2) is 16.6 Å². The van der Waals surface area contributed by atoms with E-state index in [0.29, 0.717) is 16.0 Å². The van der Waals surface area contributed by atoms with Gasteiger partial charge < -0.3 is 24.6 Å². The largest absolute Gasteiger partial charge is 0.495 e. The predicted octanol–water partition coefficient (Wildman–Crippen LogP) is 0.730. The molecule has 0 aliphatic rings. The molecule has 1 atom stereocenters. The highest BCUT2D eigenvalue weighted by Crippen LogP contribution is 2.35. The number of methoxy groups -OCH3 is 3. The van der Waals surface area contributed by atoms with Gasteiger partial charge in [0.2, 0.25) is 0 Å². The average molecular weight is 362 g/mol. The lowest BCUT2D eigenvalue weighted by Gasteiger charge is -2.13. The van der Waals surface area contributed by atoms with E-state index in [1.54, 1.807) is 0 Å². The molecular formula is C13H16BrNO6. The molecule has 0 spiro atoms. The van der Waals surface area contributed by atoms with Crippen molar-refractivity contribution in [3.8, 4) is 11.5 Å². The first-order valence-electron chi connectivity index (χ1n) is 5.90.